The molecule has 0 aliphatic rings. The van der Waals surface area contributed by atoms with Crippen molar-refractivity contribution in [3.63, 3.8) is 0 Å². The summed E-state index contributed by atoms with van der Waals surface area (Å²) in [6.45, 7) is 0. The Morgan fingerprint density at radius 3 is 1.89 bits per heavy atom. The monoisotopic (exact) mass is 399 g/mol. The summed E-state index contributed by atoms with van der Waals surface area (Å²) in [7, 11) is 0. The maximum atomic E-state index is 12.7. The summed E-state index contributed by atoms with van der Waals surface area (Å²) in [6.07, 6.45) is -8.32. The number of amides is 1. The first-order valence-corrected chi connectivity index (χ1v) is 7.53. The van der Waals surface area contributed by atoms with Crippen LogP contribution < -0.4 is 10.6 Å². The van der Waals surface area contributed by atoms with Gasteiger partial charge in [0.05, 0.1) is 11.1 Å². The number of nitrogens with zero attached hydrogens (tertiary/aromatic N) is 1. The van der Waals surface area contributed by atoms with Gasteiger partial charge < -0.3 is 10.6 Å². The van der Waals surface area contributed by atoms with Crippen molar-refractivity contribution in [3.8, 4) is 6.07 Å². The standard InChI is InChI=1S/C18H11F6N3O/c19-17(20,21)12-3-1-5-14(7-12)26-10-11(9-25)16(28)27-15-6-2-4-13(8-15)18(22,23)24/h1-8,10,26H,(H,27,28)/b11-10-. The van der Waals surface area contributed by atoms with Crippen LogP contribution in [0.1, 0.15) is 11.1 Å². The number of benzene rings is 2. The van der Waals surface area contributed by atoms with Gasteiger partial charge in [-0.2, -0.15) is 31.6 Å². The van der Waals surface area contributed by atoms with Crippen LogP contribution >= 0.6 is 0 Å². The Balaban J connectivity index is 2.15. The summed E-state index contributed by atoms with van der Waals surface area (Å²) in [5.74, 6) is -1.03. The molecule has 10 heteroatoms. The van der Waals surface area contributed by atoms with Crippen LogP contribution in [-0.4, -0.2) is 5.91 Å². The van der Waals surface area contributed by atoms with Crippen LogP contribution in [0.2, 0.25) is 0 Å². The largest absolute Gasteiger partial charge is 0.416 e. The van der Waals surface area contributed by atoms with Crippen LogP contribution in [0.25, 0.3) is 0 Å². The van der Waals surface area contributed by atoms with Crippen molar-refractivity contribution in [2.24, 2.45) is 0 Å². The molecule has 0 unspecified atom stereocenters. The van der Waals surface area contributed by atoms with Gasteiger partial charge in [-0.25, -0.2) is 0 Å². The SMILES string of the molecule is N#C/C(=C/Nc1cccc(C(F)(F)F)c1)C(=O)Nc1cccc(C(F)(F)F)c1. The minimum Gasteiger partial charge on any atom is -0.360 e. The zero-order chi connectivity index (χ0) is 20.9. The van der Waals surface area contributed by atoms with Gasteiger partial charge >= 0.3 is 12.4 Å². The van der Waals surface area contributed by atoms with Crippen molar-refractivity contribution in [2.45, 2.75) is 12.4 Å². The molecule has 0 saturated heterocycles. The second-order valence-electron chi connectivity index (χ2n) is 5.43. The number of rotatable bonds is 4. The number of hydrogen-bond acceptors (Lipinski definition) is 3. The Bertz CT molecular complexity index is 941. The first-order valence-electron chi connectivity index (χ1n) is 7.53. The molecule has 2 aromatic rings. The van der Waals surface area contributed by atoms with Crippen molar-refractivity contribution in [1.29, 1.82) is 5.26 Å². The number of halogens is 6. The number of carbonyl (C=O) groups is 1. The van der Waals surface area contributed by atoms with E-state index in [1.807, 2.05) is 0 Å². The fraction of sp³-hybridized carbons (Fsp3) is 0.111. The van der Waals surface area contributed by atoms with E-state index in [1.165, 1.54) is 18.2 Å². The number of carbonyl (C=O) groups excluding carboxylic acids is 1. The van der Waals surface area contributed by atoms with Crippen molar-refractivity contribution in [3.05, 3.63) is 71.4 Å². The molecule has 28 heavy (non-hydrogen) atoms. The lowest BCUT2D eigenvalue weighted by atomic mass is 10.2. The van der Waals surface area contributed by atoms with E-state index < -0.39 is 35.0 Å². The minimum absolute atomic E-state index is 0.0329. The average Bonchev–Trinajstić information content (AvgIpc) is 2.61. The molecule has 0 aromatic heterocycles. The van der Waals surface area contributed by atoms with E-state index in [4.69, 9.17) is 5.26 Å². The third-order valence-electron chi connectivity index (χ3n) is 3.39. The number of nitriles is 1. The molecule has 1 amide bonds. The molecule has 0 spiro atoms. The van der Waals surface area contributed by atoms with Crippen molar-refractivity contribution in [1.82, 2.24) is 0 Å². The van der Waals surface area contributed by atoms with Gasteiger partial charge in [0.2, 0.25) is 0 Å². The zero-order valence-electron chi connectivity index (χ0n) is 13.8. The summed E-state index contributed by atoms with van der Waals surface area (Å²) in [5, 5.41) is 13.6. The first-order chi connectivity index (χ1) is 13.0. The molecule has 146 valence electrons. The highest BCUT2D eigenvalue weighted by Crippen LogP contribution is 2.31. The topological polar surface area (TPSA) is 64.9 Å². The fourth-order valence-electron chi connectivity index (χ4n) is 2.06. The van der Waals surface area contributed by atoms with Crippen LogP contribution in [0.3, 0.4) is 0 Å². The fourth-order valence-corrected chi connectivity index (χ4v) is 2.06. The Morgan fingerprint density at radius 2 is 1.39 bits per heavy atom. The molecule has 0 saturated carbocycles. The molecule has 4 nitrogen and oxygen atoms in total. The molecule has 0 radical (unpaired) electrons. The lowest BCUT2D eigenvalue weighted by molar-refractivity contribution is -0.138. The third-order valence-corrected chi connectivity index (χ3v) is 3.39. The normalized spacial score (nSPS) is 12.2. The van der Waals surface area contributed by atoms with Crippen molar-refractivity contribution in [2.75, 3.05) is 10.6 Å². The van der Waals surface area contributed by atoms with Gasteiger partial charge in [0, 0.05) is 17.6 Å². The number of alkyl halides is 6. The van der Waals surface area contributed by atoms with Gasteiger partial charge in [0.25, 0.3) is 5.91 Å². The summed E-state index contributed by atoms with van der Waals surface area (Å²) in [6, 6.07) is 9.34. The lowest BCUT2D eigenvalue weighted by Crippen LogP contribution is -2.15. The molecule has 2 rings (SSSR count). The molecule has 0 aliphatic heterocycles. The number of nitrogens with one attached hydrogen (secondary N) is 2. The maximum Gasteiger partial charge on any atom is 0.416 e. The van der Waals surface area contributed by atoms with Gasteiger partial charge in [0.1, 0.15) is 11.6 Å². The molecule has 0 atom stereocenters. The molecule has 0 bridgehead atoms. The predicted molar refractivity (Wildman–Crippen MR) is 88.8 cm³/mol. The Kier molecular flexibility index (Phi) is 5.98. The highest BCUT2D eigenvalue weighted by Gasteiger charge is 2.31. The Labute approximate surface area is 155 Å². The predicted octanol–water partition coefficient (Wildman–Crippen LogP) is 5.18. The third kappa shape index (κ3) is 5.51. The second-order valence-corrected chi connectivity index (χ2v) is 5.43. The molecule has 0 aliphatic carbocycles. The van der Waals surface area contributed by atoms with Gasteiger partial charge in [-0.05, 0) is 36.4 Å². The molecule has 0 heterocycles. The highest BCUT2D eigenvalue weighted by atomic mass is 19.4. The maximum absolute atomic E-state index is 12.7. The highest BCUT2D eigenvalue weighted by molar-refractivity contribution is 6.06. The minimum atomic E-state index is -4.61. The first kappa shape index (κ1) is 20.8. The van der Waals surface area contributed by atoms with Crippen LogP contribution in [0, 0.1) is 11.3 Å². The van der Waals surface area contributed by atoms with Gasteiger partial charge in [-0.3, -0.25) is 4.79 Å². The van der Waals surface area contributed by atoms with Crippen LogP contribution in [0.5, 0.6) is 0 Å². The Morgan fingerprint density at radius 1 is 0.893 bits per heavy atom. The van der Waals surface area contributed by atoms with E-state index in [1.54, 1.807) is 0 Å². The summed E-state index contributed by atoms with van der Waals surface area (Å²) in [5.41, 5.74) is -2.70. The van der Waals surface area contributed by atoms with Gasteiger partial charge in [-0.15, -0.1) is 0 Å². The summed E-state index contributed by atoms with van der Waals surface area (Å²) in [4.78, 5) is 12.0. The molecular weight excluding hydrogens is 388 g/mol. The molecular formula is C18H11F6N3O. The Hall–Kier alpha value is -3.48. The van der Waals surface area contributed by atoms with E-state index in [0.29, 0.717) is 6.07 Å². The van der Waals surface area contributed by atoms with Crippen LogP contribution in [0.15, 0.2) is 60.3 Å². The van der Waals surface area contributed by atoms with Crippen LogP contribution in [-0.2, 0) is 17.1 Å². The van der Waals surface area contributed by atoms with Gasteiger partial charge in [-0.1, -0.05) is 12.1 Å². The quantitative estimate of drug-likeness (QED) is 0.423. The smallest absolute Gasteiger partial charge is 0.360 e. The zero-order valence-corrected chi connectivity index (χ0v) is 13.8. The molecule has 2 aromatic carbocycles. The molecule has 2 N–H and O–H groups in total. The van der Waals surface area contributed by atoms with E-state index >= 15 is 0 Å². The van der Waals surface area contributed by atoms with E-state index in [-0.39, 0.29) is 11.4 Å². The number of anilines is 2. The molecule has 0 fully saturated rings. The van der Waals surface area contributed by atoms with Crippen LogP contribution in [0.4, 0.5) is 37.7 Å². The van der Waals surface area contributed by atoms with E-state index in [2.05, 4.69) is 10.6 Å². The average molecular weight is 399 g/mol. The van der Waals surface area contributed by atoms with Crippen molar-refractivity contribution < 1.29 is 31.1 Å². The van der Waals surface area contributed by atoms with Crippen molar-refractivity contribution >= 4 is 17.3 Å². The van der Waals surface area contributed by atoms with E-state index in [9.17, 15) is 31.1 Å². The second kappa shape index (κ2) is 8.04. The summed E-state index contributed by atoms with van der Waals surface area (Å²) < 4.78 is 76.1. The van der Waals surface area contributed by atoms with Gasteiger partial charge in [0.15, 0.2) is 0 Å². The lowest BCUT2D eigenvalue weighted by Gasteiger charge is -2.10. The summed E-state index contributed by atoms with van der Waals surface area (Å²) >= 11 is 0. The number of hydrogen-bond donors (Lipinski definition) is 2. The van der Waals surface area contributed by atoms with E-state index in [0.717, 1.165) is 36.5 Å².